The zero-order chi connectivity index (χ0) is 34.8. The van der Waals surface area contributed by atoms with Gasteiger partial charge in [-0.3, -0.25) is 0 Å². The molecule has 7 aromatic carbocycles. The molecule has 0 radical (unpaired) electrons. The van der Waals surface area contributed by atoms with Crippen LogP contribution in [0.5, 0.6) is 0 Å². The number of benzene rings is 7. The molecule has 10 rings (SSSR count). The molecule has 1 aliphatic rings. The van der Waals surface area contributed by atoms with Gasteiger partial charge in [0.05, 0.1) is 11.4 Å². The molecule has 0 N–H and O–H groups in total. The van der Waals surface area contributed by atoms with Crippen LogP contribution in [0.4, 0.5) is 0 Å². The Labute approximate surface area is 302 Å². The molecule has 0 saturated heterocycles. The van der Waals surface area contributed by atoms with E-state index in [4.69, 9.17) is 14.4 Å². The minimum atomic E-state index is -0.266. The van der Waals surface area contributed by atoms with Crippen molar-refractivity contribution in [3.63, 3.8) is 0 Å². The lowest BCUT2D eigenvalue weighted by Gasteiger charge is -2.24. The second-order valence-corrected chi connectivity index (χ2v) is 14.2. The second-order valence-electron chi connectivity index (χ2n) is 14.2. The van der Waals surface area contributed by atoms with E-state index in [1.54, 1.807) is 0 Å². The van der Waals surface area contributed by atoms with Crippen molar-refractivity contribution in [2.24, 2.45) is 0 Å². The predicted octanol–water partition coefficient (Wildman–Crippen LogP) is 13.0. The molecular formula is C49H34N2O. The first-order valence-electron chi connectivity index (χ1n) is 17.8. The Kier molecular flexibility index (Phi) is 6.84. The van der Waals surface area contributed by atoms with Crippen molar-refractivity contribution in [3.05, 3.63) is 181 Å². The number of rotatable bonds is 5. The summed E-state index contributed by atoms with van der Waals surface area (Å²) in [5.41, 5.74) is 16.2. The van der Waals surface area contributed by atoms with Crippen molar-refractivity contribution in [1.82, 2.24) is 9.97 Å². The number of fused-ring (bicyclic) bond motifs is 6. The maximum absolute atomic E-state index is 6.11. The molecule has 0 saturated carbocycles. The van der Waals surface area contributed by atoms with Crippen LogP contribution in [0.15, 0.2) is 174 Å². The second kappa shape index (κ2) is 11.8. The highest BCUT2D eigenvalue weighted by Gasteiger charge is 2.40. The van der Waals surface area contributed by atoms with Crippen LogP contribution in [0.1, 0.15) is 25.0 Å². The molecule has 52 heavy (non-hydrogen) atoms. The number of hydrogen-bond acceptors (Lipinski definition) is 3. The Hall–Kier alpha value is -6.58. The van der Waals surface area contributed by atoms with Crippen LogP contribution in [-0.2, 0) is 5.41 Å². The molecule has 3 nitrogen and oxygen atoms in total. The van der Waals surface area contributed by atoms with Crippen LogP contribution < -0.4 is 0 Å². The van der Waals surface area contributed by atoms with E-state index in [0.29, 0.717) is 0 Å². The molecule has 0 aliphatic heterocycles. The summed E-state index contributed by atoms with van der Waals surface area (Å²) in [4.78, 5) is 10.8. The zero-order valence-electron chi connectivity index (χ0n) is 29.0. The zero-order valence-corrected chi connectivity index (χ0v) is 29.0. The van der Waals surface area contributed by atoms with Gasteiger partial charge < -0.3 is 4.42 Å². The number of aromatic nitrogens is 2. The third kappa shape index (κ3) is 4.89. The summed E-state index contributed by atoms with van der Waals surface area (Å²) in [6.45, 7) is 4.60. The summed E-state index contributed by atoms with van der Waals surface area (Å²) in [6, 6.07) is 60.1. The largest absolute Gasteiger partial charge is 0.456 e. The highest BCUT2D eigenvalue weighted by molar-refractivity contribution is 6.06. The van der Waals surface area contributed by atoms with Crippen LogP contribution in [0.3, 0.4) is 0 Å². The van der Waals surface area contributed by atoms with Crippen LogP contribution in [0.25, 0.3) is 89.2 Å². The maximum atomic E-state index is 6.11. The molecule has 9 aromatic rings. The number of para-hydroxylation sites is 1. The predicted molar refractivity (Wildman–Crippen MR) is 214 cm³/mol. The Balaban J connectivity index is 1.11. The molecule has 0 fully saturated rings. The van der Waals surface area contributed by atoms with Gasteiger partial charge in [-0.1, -0.05) is 147 Å². The van der Waals surface area contributed by atoms with Gasteiger partial charge in [0, 0.05) is 38.4 Å². The SMILES string of the molecule is CC1(C)c2ccccc2-c2nc(-c3cccc(-c4ccccc4)c3)nc(-c3cccc(-c4cccc(-c5ccc6oc7ccccc7c6c5)c4)c3)c21. The maximum Gasteiger partial charge on any atom is 0.160 e. The van der Waals surface area contributed by atoms with Gasteiger partial charge in [0.2, 0.25) is 0 Å². The molecule has 2 aromatic heterocycles. The van der Waals surface area contributed by atoms with E-state index in [0.717, 1.165) is 78.1 Å². The first-order valence-corrected chi connectivity index (χ1v) is 17.8. The van der Waals surface area contributed by atoms with Gasteiger partial charge in [-0.05, 0) is 75.3 Å². The Bertz CT molecular complexity index is 2830. The lowest BCUT2D eigenvalue weighted by atomic mass is 9.80. The van der Waals surface area contributed by atoms with E-state index in [-0.39, 0.29) is 5.41 Å². The van der Waals surface area contributed by atoms with Crippen molar-refractivity contribution < 1.29 is 4.42 Å². The van der Waals surface area contributed by atoms with E-state index in [1.807, 2.05) is 12.1 Å². The molecule has 1 aliphatic carbocycles. The summed E-state index contributed by atoms with van der Waals surface area (Å²) in [5.74, 6) is 0.730. The molecule has 0 unspecified atom stereocenters. The molecule has 246 valence electrons. The number of hydrogen-bond donors (Lipinski definition) is 0. The van der Waals surface area contributed by atoms with E-state index >= 15 is 0 Å². The first kappa shape index (κ1) is 30.3. The topological polar surface area (TPSA) is 38.9 Å². The van der Waals surface area contributed by atoms with Crippen molar-refractivity contribution >= 4 is 21.9 Å². The lowest BCUT2D eigenvalue weighted by Crippen LogP contribution is -2.17. The van der Waals surface area contributed by atoms with Gasteiger partial charge in [0.1, 0.15) is 11.2 Å². The van der Waals surface area contributed by atoms with Crippen LogP contribution >= 0.6 is 0 Å². The molecule has 0 bridgehead atoms. The molecule has 0 spiro atoms. The average molecular weight is 667 g/mol. The fourth-order valence-corrected chi connectivity index (χ4v) is 8.05. The monoisotopic (exact) mass is 666 g/mol. The van der Waals surface area contributed by atoms with Crippen LogP contribution in [0, 0.1) is 0 Å². The molecule has 0 amide bonds. The van der Waals surface area contributed by atoms with Crippen molar-refractivity contribution in [3.8, 4) is 67.3 Å². The standard InChI is InChI=1S/C49H34N2O/c1-49(2)42-23-8-6-22-40(42)47-45(49)46(50-48(51-47)38-20-12-15-32(29-38)31-13-4-3-5-14-31)37-19-11-18-35(28-37)33-16-10-17-34(27-33)36-25-26-44-41(30-36)39-21-7-9-24-43(39)52-44/h3-30H,1-2H3. The van der Waals surface area contributed by atoms with Gasteiger partial charge in [0.25, 0.3) is 0 Å². The van der Waals surface area contributed by atoms with Gasteiger partial charge in [0.15, 0.2) is 5.82 Å². The first-order chi connectivity index (χ1) is 25.5. The third-order valence-electron chi connectivity index (χ3n) is 10.7. The Morgan fingerprint density at radius 2 is 0.942 bits per heavy atom. The quantitative estimate of drug-likeness (QED) is 0.183. The lowest BCUT2D eigenvalue weighted by molar-refractivity contribution is 0.658. The average Bonchev–Trinajstić information content (AvgIpc) is 3.69. The summed E-state index contributed by atoms with van der Waals surface area (Å²) < 4.78 is 6.11. The Morgan fingerprint density at radius 1 is 0.404 bits per heavy atom. The van der Waals surface area contributed by atoms with Gasteiger partial charge >= 0.3 is 0 Å². The number of furan rings is 1. The van der Waals surface area contributed by atoms with Gasteiger partial charge in [-0.25, -0.2) is 9.97 Å². The summed E-state index contributed by atoms with van der Waals surface area (Å²) in [7, 11) is 0. The fraction of sp³-hybridized carbons (Fsp3) is 0.0612. The van der Waals surface area contributed by atoms with Crippen molar-refractivity contribution in [1.29, 1.82) is 0 Å². The summed E-state index contributed by atoms with van der Waals surface area (Å²) in [5, 5.41) is 2.27. The Morgan fingerprint density at radius 3 is 1.73 bits per heavy atom. The highest BCUT2D eigenvalue weighted by Crippen LogP contribution is 2.51. The highest BCUT2D eigenvalue weighted by atomic mass is 16.3. The summed E-state index contributed by atoms with van der Waals surface area (Å²) in [6.07, 6.45) is 0. The summed E-state index contributed by atoms with van der Waals surface area (Å²) >= 11 is 0. The smallest absolute Gasteiger partial charge is 0.160 e. The van der Waals surface area contributed by atoms with Gasteiger partial charge in [-0.2, -0.15) is 0 Å². The normalized spacial score (nSPS) is 13.0. The van der Waals surface area contributed by atoms with E-state index in [1.165, 1.54) is 22.3 Å². The minimum Gasteiger partial charge on any atom is -0.456 e. The number of nitrogens with zero attached hydrogens (tertiary/aromatic N) is 2. The minimum absolute atomic E-state index is 0.266. The van der Waals surface area contributed by atoms with Crippen LogP contribution in [0.2, 0.25) is 0 Å². The van der Waals surface area contributed by atoms with E-state index in [2.05, 4.69) is 172 Å². The van der Waals surface area contributed by atoms with Crippen molar-refractivity contribution in [2.45, 2.75) is 19.3 Å². The van der Waals surface area contributed by atoms with Gasteiger partial charge in [-0.15, -0.1) is 0 Å². The fourth-order valence-electron chi connectivity index (χ4n) is 8.05. The molecule has 3 heteroatoms. The molecule has 2 heterocycles. The van der Waals surface area contributed by atoms with Crippen LogP contribution in [-0.4, -0.2) is 9.97 Å². The van der Waals surface area contributed by atoms with E-state index < -0.39 is 0 Å². The van der Waals surface area contributed by atoms with E-state index in [9.17, 15) is 0 Å². The molecule has 0 atom stereocenters. The third-order valence-corrected chi connectivity index (χ3v) is 10.7. The molecular weight excluding hydrogens is 633 g/mol. The van der Waals surface area contributed by atoms with Crippen molar-refractivity contribution in [2.75, 3.05) is 0 Å².